The number of benzene rings is 1. The number of pyridine rings is 1. The minimum absolute atomic E-state index is 0.306. The predicted molar refractivity (Wildman–Crippen MR) is 126 cm³/mol. The first kappa shape index (κ1) is 23.4. The summed E-state index contributed by atoms with van der Waals surface area (Å²) in [4.78, 5) is 10.1. The van der Waals surface area contributed by atoms with E-state index in [2.05, 4.69) is 63.5 Å². The van der Waals surface area contributed by atoms with Crippen molar-refractivity contribution in [2.45, 2.75) is 39.3 Å². The van der Waals surface area contributed by atoms with Crippen molar-refractivity contribution < 1.29 is 9.84 Å². The Labute approximate surface area is 185 Å². The van der Waals surface area contributed by atoms with E-state index in [1.807, 2.05) is 19.1 Å². The molecule has 0 aliphatic carbocycles. The number of aliphatic hydroxyl groups excluding tert-OH is 1. The monoisotopic (exact) mass is 424 g/mol. The first-order valence-corrected chi connectivity index (χ1v) is 11.3. The molecule has 2 aromatic heterocycles. The minimum atomic E-state index is 0.306. The van der Waals surface area contributed by atoms with E-state index in [-0.39, 0.29) is 0 Å². The summed E-state index contributed by atoms with van der Waals surface area (Å²) < 4.78 is 5.30. The average molecular weight is 425 g/mol. The van der Waals surface area contributed by atoms with Gasteiger partial charge in [-0.3, -0.25) is 9.88 Å². The van der Waals surface area contributed by atoms with Crippen molar-refractivity contribution in [3.05, 3.63) is 65.6 Å². The minimum Gasteiger partial charge on any atom is -0.395 e. The largest absolute Gasteiger partial charge is 0.395 e. The van der Waals surface area contributed by atoms with E-state index >= 15 is 0 Å². The smallest absolute Gasteiger partial charge is 0.0594 e. The first-order valence-electron chi connectivity index (χ1n) is 11.3. The number of aliphatic hydroxyl groups is 1. The number of aromatic amines is 1. The number of morpholine rings is 1. The van der Waals surface area contributed by atoms with Gasteiger partial charge in [0.05, 0.1) is 25.5 Å². The number of hydrogen-bond donors (Lipinski definition) is 3. The highest BCUT2D eigenvalue weighted by molar-refractivity contribution is 5.79. The average Bonchev–Trinajstić information content (AvgIpc) is 3.44. The second-order valence-corrected chi connectivity index (χ2v) is 8.17. The van der Waals surface area contributed by atoms with Crippen molar-refractivity contribution in [3.8, 4) is 0 Å². The molecule has 1 unspecified atom stereocenters. The van der Waals surface area contributed by atoms with Crippen LogP contribution < -0.4 is 5.32 Å². The first-order chi connectivity index (χ1) is 15.1. The molecule has 0 saturated carbocycles. The van der Waals surface area contributed by atoms with E-state index < -0.39 is 0 Å². The lowest BCUT2D eigenvalue weighted by Crippen LogP contribution is -2.35. The molecule has 2 aliphatic heterocycles. The van der Waals surface area contributed by atoms with Crippen LogP contribution in [0.2, 0.25) is 0 Å². The van der Waals surface area contributed by atoms with Gasteiger partial charge < -0.3 is 20.1 Å². The van der Waals surface area contributed by atoms with Crippen molar-refractivity contribution in [1.29, 1.82) is 0 Å². The van der Waals surface area contributed by atoms with E-state index in [9.17, 15) is 0 Å². The Hall–Kier alpha value is -2.25. The van der Waals surface area contributed by atoms with Crippen molar-refractivity contribution in [2.75, 3.05) is 39.5 Å². The van der Waals surface area contributed by atoms with Gasteiger partial charge in [-0.2, -0.15) is 0 Å². The molecule has 2 saturated heterocycles. The third-order valence-electron chi connectivity index (χ3n) is 5.48. The number of nitrogens with one attached hydrogen (secondary N) is 2. The number of ether oxygens (including phenoxy) is 1. The Kier molecular flexibility index (Phi) is 9.49. The fraction of sp³-hybridized carbons (Fsp3) is 0.480. The van der Waals surface area contributed by atoms with E-state index in [0.717, 1.165) is 57.2 Å². The zero-order valence-corrected chi connectivity index (χ0v) is 18.8. The van der Waals surface area contributed by atoms with Gasteiger partial charge in [0.2, 0.25) is 0 Å². The highest BCUT2D eigenvalue weighted by Gasteiger charge is 2.11. The van der Waals surface area contributed by atoms with Crippen molar-refractivity contribution in [1.82, 2.24) is 20.2 Å². The van der Waals surface area contributed by atoms with E-state index in [1.54, 1.807) is 0 Å². The molecule has 6 heteroatoms. The summed E-state index contributed by atoms with van der Waals surface area (Å²) in [7, 11) is 0. The summed E-state index contributed by atoms with van der Waals surface area (Å²) in [5, 5.41) is 13.0. The molecular weight excluding hydrogens is 388 g/mol. The maximum atomic E-state index is 8.50. The van der Waals surface area contributed by atoms with Crippen LogP contribution in [-0.2, 0) is 11.3 Å². The number of aryl methyl sites for hydroxylation is 2. The molecule has 3 aromatic rings. The lowest BCUT2D eigenvalue weighted by atomic mass is 10.2. The highest BCUT2D eigenvalue weighted by atomic mass is 16.5. The molecule has 1 atom stereocenters. The number of H-pyrrole nitrogens is 1. The number of aromatic nitrogens is 2. The van der Waals surface area contributed by atoms with Crippen LogP contribution in [0.15, 0.2) is 48.5 Å². The summed E-state index contributed by atoms with van der Waals surface area (Å²) in [6.45, 7) is 10.2. The molecule has 0 amide bonds. The Bertz CT molecular complexity index is 866. The number of rotatable bonds is 3. The maximum Gasteiger partial charge on any atom is 0.0594 e. The summed E-state index contributed by atoms with van der Waals surface area (Å²) in [6, 6.07) is 17.0. The van der Waals surface area contributed by atoms with Crippen molar-refractivity contribution >= 4 is 10.9 Å². The summed E-state index contributed by atoms with van der Waals surface area (Å²) >= 11 is 0. The molecule has 5 rings (SSSR count). The fourth-order valence-corrected chi connectivity index (χ4v) is 3.81. The van der Waals surface area contributed by atoms with Crippen LogP contribution >= 0.6 is 0 Å². The predicted octanol–water partition coefficient (Wildman–Crippen LogP) is 3.43. The van der Waals surface area contributed by atoms with Gasteiger partial charge in [-0.1, -0.05) is 24.3 Å². The number of para-hydroxylation sites is 1. The third kappa shape index (κ3) is 8.07. The molecular formula is C25H36N4O2. The SMILES string of the molecule is Cc1cc2ccccc2[nH]1.Cc1cccc(CN2CCOCC2)n1.OCC1CCCN1. The van der Waals surface area contributed by atoms with Crippen LogP contribution in [0.4, 0.5) is 0 Å². The van der Waals surface area contributed by atoms with Crippen LogP contribution in [0.25, 0.3) is 10.9 Å². The summed E-state index contributed by atoms with van der Waals surface area (Å²) in [6.07, 6.45) is 2.38. The van der Waals surface area contributed by atoms with Crippen LogP contribution in [0.1, 0.15) is 29.9 Å². The van der Waals surface area contributed by atoms with Gasteiger partial charge in [0.1, 0.15) is 0 Å². The molecule has 1 aromatic carbocycles. The Morgan fingerprint density at radius 2 is 1.90 bits per heavy atom. The Balaban J connectivity index is 0.000000140. The van der Waals surface area contributed by atoms with E-state index in [1.165, 1.54) is 23.0 Å². The quantitative estimate of drug-likeness (QED) is 0.601. The third-order valence-corrected chi connectivity index (χ3v) is 5.48. The molecule has 0 spiro atoms. The molecule has 6 nitrogen and oxygen atoms in total. The standard InChI is InChI=1S/C11H16N2O.C9H9N.C5H11NO/c1-10-3-2-4-11(12-10)9-13-5-7-14-8-6-13;1-7-6-8-4-2-3-5-9(8)10-7;7-4-5-2-1-3-6-5/h2-4H,5-9H2,1H3;2-6,10H,1H3;5-7H,1-4H2. The molecule has 31 heavy (non-hydrogen) atoms. The van der Waals surface area contributed by atoms with Crippen LogP contribution in [0.5, 0.6) is 0 Å². The number of fused-ring (bicyclic) bond motifs is 1. The van der Waals surface area contributed by atoms with Crippen molar-refractivity contribution in [3.63, 3.8) is 0 Å². The second-order valence-electron chi connectivity index (χ2n) is 8.17. The van der Waals surface area contributed by atoms with Gasteiger partial charge in [0, 0.05) is 42.6 Å². The number of hydrogen-bond acceptors (Lipinski definition) is 5. The van der Waals surface area contributed by atoms with Gasteiger partial charge in [0.25, 0.3) is 0 Å². The summed E-state index contributed by atoms with van der Waals surface area (Å²) in [5.74, 6) is 0. The van der Waals surface area contributed by atoms with Crippen molar-refractivity contribution in [2.24, 2.45) is 0 Å². The highest BCUT2D eigenvalue weighted by Crippen LogP contribution is 2.13. The second kappa shape index (κ2) is 12.6. The zero-order valence-electron chi connectivity index (χ0n) is 18.8. The molecule has 0 bridgehead atoms. The van der Waals surface area contributed by atoms with Gasteiger partial charge in [-0.15, -0.1) is 0 Å². The molecule has 0 radical (unpaired) electrons. The lowest BCUT2D eigenvalue weighted by Gasteiger charge is -2.26. The van der Waals surface area contributed by atoms with Gasteiger partial charge in [-0.25, -0.2) is 0 Å². The van der Waals surface area contributed by atoms with E-state index in [4.69, 9.17) is 9.84 Å². The maximum absolute atomic E-state index is 8.50. The normalized spacial score (nSPS) is 18.7. The van der Waals surface area contributed by atoms with E-state index in [0.29, 0.717) is 12.6 Å². The fourth-order valence-electron chi connectivity index (χ4n) is 3.81. The molecule has 2 aliphatic rings. The molecule has 2 fully saturated rings. The Morgan fingerprint density at radius 3 is 2.55 bits per heavy atom. The van der Waals surface area contributed by atoms with Crippen LogP contribution in [0, 0.1) is 13.8 Å². The van der Waals surface area contributed by atoms with Gasteiger partial charge >= 0.3 is 0 Å². The topological polar surface area (TPSA) is 73.4 Å². The molecule has 3 N–H and O–H groups in total. The summed E-state index contributed by atoms with van der Waals surface area (Å²) in [5.41, 5.74) is 4.70. The van der Waals surface area contributed by atoms with Crippen LogP contribution in [0.3, 0.4) is 0 Å². The lowest BCUT2D eigenvalue weighted by molar-refractivity contribution is 0.0336. The molecule has 168 valence electrons. The van der Waals surface area contributed by atoms with Gasteiger partial charge in [0.15, 0.2) is 0 Å². The van der Waals surface area contributed by atoms with Gasteiger partial charge in [-0.05, 0) is 62.9 Å². The number of nitrogens with zero attached hydrogens (tertiary/aromatic N) is 2. The molecule has 4 heterocycles. The van der Waals surface area contributed by atoms with Crippen LogP contribution in [-0.4, -0.2) is 65.5 Å². The zero-order chi connectivity index (χ0) is 21.9. The Morgan fingerprint density at radius 1 is 1.10 bits per heavy atom.